The van der Waals surface area contributed by atoms with Crippen LogP contribution in [-0.4, -0.2) is 33.8 Å². The van der Waals surface area contributed by atoms with Crippen molar-refractivity contribution in [3.63, 3.8) is 0 Å². The Morgan fingerprint density at radius 1 is 1.19 bits per heavy atom. The Balaban J connectivity index is 1.71. The van der Waals surface area contributed by atoms with Gasteiger partial charge in [0.15, 0.2) is 10.9 Å². The van der Waals surface area contributed by atoms with Gasteiger partial charge in [0.2, 0.25) is 0 Å². The molecule has 1 aliphatic heterocycles. The first kappa shape index (κ1) is 22.9. The number of nitrogens with two attached hydrogens (primary N) is 1. The Hall–Kier alpha value is -2.79. The van der Waals surface area contributed by atoms with Crippen molar-refractivity contribution in [1.29, 1.82) is 0 Å². The van der Waals surface area contributed by atoms with E-state index in [9.17, 15) is 14.4 Å². The molecule has 3 rings (SSSR count). The molecule has 0 aromatic heterocycles. The Bertz CT molecular complexity index is 1110. The van der Waals surface area contributed by atoms with Crippen LogP contribution in [0.25, 0.3) is 6.08 Å². The van der Waals surface area contributed by atoms with Crippen LogP contribution in [0.5, 0.6) is 5.75 Å². The Kier molecular flexibility index (Phi) is 7.39. The molecule has 0 saturated carbocycles. The number of hydrogen-bond acceptors (Lipinski definition) is 6. The molecule has 8 nitrogen and oxygen atoms in total. The van der Waals surface area contributed by atoms with E-state index in [1.54, 1.807) is 36.4 Å². The van der Waals surface area contributed by atoms with Crippen LogP contribution in [0.1, 0.15) is 5.56 Å². The number of rotatable bonds is 6. The molecule has 4 N–H and O–H groups in total. The highest BCUT2D eigenvalue weighted by Crippen LogP contribution is 2.33. The second-order valence-corrected chi connectivity index (χ2v) is 8.49. The summed E-state index contributed by atoms with van der Waals surface area (Å²) in [6, 6.07) is 10.7. The lowest BCUT2D eigenvalue weighted by atomic mass is 10.2. The summed E-state index contributed by atoms with van der Waals surface area (Å²) in [5.41, 5.74) is 8.43. The summed E-state index contributed by atoms with van der Waals surface area (Å²) in [6.45, 7) is -0.303. The first-order valence-electron chi connectivity index (χ1n) is 8.55. The van der Waals surface area contributed by atoms with Gasteiger partial charge in [0.1, 0.15) is 5.75 Å². The summed E-state index contributed by atoms with van der Waals surface area (Å²) in [5, 5.41) is 4.10. The molecule has 2 aromatic rings. The van der Waals surface area contributed by atoms with Gasteiger partial charge in [0, 0.05) is 11.3 Å². The van der Waals surface area contributed by atoms with E-state index in [0.717, 1.165) is 16.8 Å². The topological polar surface area (TPSA) is 114 Å². The molecule has 0 spiro atoms. The van der Waals surface area contributed by atoms with Gasteiger partial charge in [-0.3, -0.25) is 9.59 Å². The molecule has 0 aliphatic carbocycles. The van der Waals surface area contributed by atoms with Crippen LogP contribution in [-0.2, 0) is 9.59 Å². The van der Waals surface area contributed by atoms with Crippen molar-refractivity contribution in [2.75, 3.05) is 11.9 Å². The van der Waals surface area contributed by atoms with Crippen LogP contribution in [0.2, 0.25) is 10.0 Å². The van der Waals surface area contributed by atoms with E-state index >= 15 is 0 Å². The number of anilines is 1. The van der Waals surface area contributed by atoms with Crippen LogP contribution in [0.4, 0.5) is 10.5 Å². The summed E-state index contributed by atoms with van der Waals surface area (Å²) in [7, 11) is 0. The van der Waals surface area contributed by atoms with Crippen molar-refractivity contribution >= 4 is 81.1 Å². The van der Waals surface area contributed by atoms with Gasteiger partial charge in [0.05, 0.1) is 15.0 Å². The highest BCUT2D eigenvalue weighted by atomic mass is 35.5. The van der Waals surface area contributed by atoms with Crippen LogP contribution < -0.4 is 21.2 Å². The van der Waals surface area contributed by atoms with Crippen LogP contribution in [0.3, 0.4) is 0 Å². The van der Waals surface area contributed by atoms with Crippen LogP contribution >= 0.6 is 47.2 Å². The second-order valence-electron chi connectivity index (χ2n) is 6.00. The predicted molar refractivity (Wildman–Crippen MR) is 125 cm³/mol. The molecule has 1 heterocycles. The third-order valence-electron chi connectivity index (χ3n) is 3.76. The molecule has 31 heavy (non-hydrogen) atoms. The molecule has 160 valence electrons. The fourth-order valence-electron chi connectivity index (χ4n) is 2.42. The van der Waals surface area contributed by atoms with Gasteiger partial charge >= 0.3 is 6.03 Å². The maximum absolute atomic E-state index is 12.7. The largest absolute Gasteiger partial charge is 0.483 e. The van der Waals surface area contributed by atoms with Gasteiger partial charge in [-0.1, -0.05) is 53.2 Å². The molecule has 1 saturated heterocycles. The number of primary amides is 1. The van der Waals surface area contributed by atoms with Gasteiger partial charge in [-0.05, 0) is 42.6 Å². The lowest BCUT2D eigenvalue weighted by Crippen LogP contribution is -2.46. The molecular weight excluding hydrogens is 483 g/mol. The summed E-state index contributed by atoms with van der Waals surface area (Å²) in [6.07, 6.45) is 1.55. The Labute approximate surface area is 196 Å². The number of para-hydroxylation sites is 1. The van der Waals surface area contributed by atoms with E-state index in [2.05, 4.69) is 10.7 Å². The molecule has 0 atom stereocenters. The quantitative estimate of drug-likeness (QED) is 0.414. The first-order chi connectivity index (χ1) is 14.7. The molecule has 1 aliphatic rings. The van der Waals surface area contributed by atoms with Crippen molar-refractivity contribution in [3.8, 4) is 5.75 Å². The number of carbonyl (C=O) groups excluding carboxylic acids is 3. The molecule has 12 heteroatoms. The molecule has 0 bridgehead atoms. The average molecular weight is 497 g/mol. The number of carbonyl (C=O) groups is 3. The number of thioether (sulfide) groups is 1. The number of nitrogens with one attached hydrogen (secondary N) is 2. The lowest BCUT2D eigenvalue weighted by molar-refractivity contribution is -0.123. The van der Waals surface area contributed by atoms with Crippen LogP contribution in [0.15, 0.2) is 47.4 Å². The van der Waals surface area contributed by atoms with Crippen molar-refractivity contribution in [2.45, 2.75) is 0 Å². The molecule has 0 radical (unpaired) electrons. The number of hydrogen-bond donors (Lipinski definition) is 3. The Morgan fingerprint density at radius 2 is 1.94 bits per heavy atom. The number of halogens is 2. The molecular formula is C19H14Cl2N4O4S2. The van der Waals surface area contributed by atoms with Crippen LogP contribution in [0, 0.1) is 0 Å². The summed E-state index contributed by atoms with van der Waals surface area (Å²) in [4.78, 5) is 36.3. The van der Waals surface area contributed by atoms with Gasteiger partial charge in [0.25, 0.3) is 11.8 Å². The third kappa shape index (κ3) is 5.88. The highest BCUT2D eigenvalue weighted by Gasteiger charge is 2.33. The number of hydrazine groups is 1. The second kappa shape index (κ2) is 10.0. The number of benzene rings is 2. The normalized spacial score (nSPS) is 14.6. The van der Waals surface area contributed by atoms with Crippen molar-refractivity contribution in [3.05, 3.63) is 63.0 Å². The number of thiocarbonyl (C=S) groups is 1. The van der Waals surface area contributed by atoms with Crippen molar-refractivity contribution < 1.29 is 19.1 Å². The smallest absolute Gasteiger partial charge is 0.338 e. The minimum absolute atomic E-state index is 0.135. The van der Waals surface area contributed by atoms with E-state index in [-0.39, 0.29) is 20.9 Å². The maximum atomic E-state index is 12.7. The lowest BCUT2D eigenvalue weighted by Gasteiger charge is -2.16. The fraction of sp³-hybridized carbons (Fsp3) is 0.0526. The number of nitrogens with zero attached hydrogens (tertiary/aromatic N) is 1. The zero-order valence-corrected chi connectivity index (χ0v) is 18.7. The van der Waals surface area contributed by atoms with Crippen molar-refractivity contribution in [1.82, 2.24) is 10.4 Å². The molecule has 2 aromatic carbocycles. The molecule has 1 fully saturated rings. The van der Waals surface area contributed by atoms with E-state index in [0.29, 0.717) is 22.0 Å². The average Bonchev–Trinajstić information content (AvgIpc) is 2.97. The zero-order valence-electron chi connectivity index (χ0n) is 15.6. The minimum Gasteiger partial charge on any atom is -0.483 e. The van der Waals surface area contributed by atoms with Gasteiger partial charge in [-0.2, -0.15) is 5.01 Å². The van der Waals surface area contributed by atoms with E-state index < -0.39 is 17.8 Å². The molecule has 0 unspecified atom stereocenters. The minimum atomic E-state index is -0.693. The molecule has 4 amide bonds. The third-order valence-corrected chi connectivity index (χ3v) is 5.80. The zero-order chi connectivity index (χ0) is 22.5. The summed E-state index contributed by atoms with van der Waals surface area (Å²) in [5.74, 6) is -0.779. The first-order valence-corrected chi connectivity index (χ1v) is 10.5. The summed E-state index contributed by atoms with van der Waals surface area (Å²) >= 11 is 18.0. The standard InChI is InChI=1S/C19H14Cl2N4O4S2/c20-12-6-5-11(8-13(12)21)23-18(28)24-25-17(27)15(31-19(25)30)7-10-3-1-2-4-14(10)29-9-16(22)26/h1-8H,9H2,(H2,22,26)(H2,23,24,28)/b15-7+. The number of urea groups is 1. The van der Waals surface area contributed by atoms with E-state index in [1.165, 1.54) is 12.1 Å². The van der Waals surface area contributed by atoms with E-state index in [4.69, 9.17) is 45.9 Å². The summed E-state index contributed by atoms with van der Waals surface area (Å²) < 4.78 is 5.50. The number of ether oxygens (including phenoxy) is 1. The van der Waals surface area contributed by atoms with Gasteiger partial charge in [-0.25, -0.2) is 10.2 Å². The van der Waals surface area contributed by atoms with E-state index in [1.807, 2.05) is 0 Å². The monoisotopic (exact) mass is 496 g/mol. The highest BCUT2D eigenvalue weighted by molar-refractivity contribution is 8.26. The number of amides is 4. The SMILES string of the molecule is NC(=O)COc1ccccc1/C=C1/SC(=S)N(NC(=O)Nc2ccc(Cl)c(Cl)c2)C1=O. The Morgan fingerprint density at radius 3 is 2.65 bits per heavy atom. The van der Waals surface area contributed by atoms with Gasteiger partial charge in [-0.15, -0.1) is 0 Å². The van der Waals surface area contributed by atoms with Gasteiger partial charge < -0.3 is 15.8 Å². The maximum Gasteiger partial charge on any atom is 0.338 e. The fourth-order valence-corrected chi connectivity index (χ4v) is 3.89. The van der Waals surface area contributed by atoms with Crippen molar-refractivity contribution in [2.24, 2.45) is 5.73 Å². The predicted octanol–water partition coefficient (Wildman–Crippen LogP) is 3.80.